The summed E-state index contributed by atoms with van der Waals surface area (Å²) in [6.45, 7) is 3.50. The largest absolute Gasteiger partial charge is 0.395 e. The zero-order valence-corrected chi connectivity index (χ0v) is 9.24. The highest BCUT2D eigenvalue weighted by molar-refractivity contribution is 5.17. The number of imidazole rings is 1. The van der Waals surface area contributed by atoms with E-state index in [4.69, 9.17) is 5.73 Å². The number of rotatable bonds is 3. The van der Waals surface area contributed by atoms with Crippen molar-refractivity contribution >= 4 is 0 Å². The molecular formula is C11H19N3O. The van der Waals surface area contributed by atoms with Gasteiger partial charge < -0.3 is 15.4 Å². The molecule has 0 fully saturated rings. The predicted octanol–water partition coefficient (Wildman–Crippen LogP) is 0.428. The van der Waals surface area contributed by atoms with E-state index in [1.165, 1.54) is 12.8 Å². The molecule has 4 heteroatoms. The maximum Gasteiger partial charge on any atom is 0.108 e. The fourth-order valence-electron chi connectivity index (χ4n) is 1.95. The minimum Gasteiger partial charge on any atom is -0.395 e. The summed E-state index contributed by atoms with van der Waals surface area (Å²) < 4.78 is 2.20. The molecule has 0 radical (unpaired) electrons. The van der Waals surface area contributed by atoms with Crippen molar-refractivity contribution in [3.05, 3.63) is 17.7 Å². The van der Waals surface area contributed by atoms with Crippen LogP contribution in [0.5, 0.6) is 0 Å². The molecule has 0 aromatic carbocycles. The maximum atomic E-state index is 9.37. The molecule has 3 N–H and O–H groups in total. The van der Waals surface area contributed by atoms with Crippen molar-refractivity contribution in [3.63, 3.8) is 0 Å². The normalized spacial score (nSPS) is 19.7. The minimum absolute atomic E-state index is 0.0555. The lowest BCUT2D eigenvalue weighted by Crippen LogP contribution is -2.36. The van der Waals surface area contributed by atoms with E-state index >= 15 is 0 Å². The summed E-state index contributed by atoms with van der Waals surface area (Å²) in [6, 6.07) is 0. The van der Waals surface area contributed by atoms with Crippen LogP contribution in [-0.2, 0) is 18.4 Å². The molecule has 2 rings (SSSR count). The van der Waals surface area contributed by atoms with Crippen molar-refractivity contribution in [1.29, 1.82) is 0 Å². The molecule has 0 bridgehead atoms. The Kier molecular flexibility index (Phi) is 2.80. The first-order valence-electron chi connectivity index (χ1n) is 5.57. The van der Waals surface area contributed by atoms with E-state index in [9.17, 15) is 5.11 Å². The number of aliphatic hydroxyl groups excluding tert-OH is 1. The minimum atomic E-state index is -0.385. The third-order valence-corrected chi connectivity index (χ3v) is 3.33. The fourth-order valence-corrected chi connectivity index (χ4v) is 1.95. The van der Waals surface area contributed by atoms with E-state index < -0.39 is 0 Å². The quantitative estimate of drug-likeness (QED) is 0.758. The maximum absolute atomic E-state index is 9.37. The average Bonchev–Trinajstić information content (AvgIpc) is 2.72. The Hall–Kier alpha value is -0.870. The first kappa shape index (κ1) is 10.6. The van der Waals surface area contributed by atoms with Crippen LogP contribution in [0.1, 0.15) is 31.3 Å². The number of nitrogens with two attached hydrogens (primary N) is 1. The number of aromatic nitrogens is 2. The van der Waals surface area contributed by atoms with Crippen LogP contribution in [-0.4, -0.2) is 27.8 Å². The number of aryl methyl sites for hydroxylation is 2. The Morgan fingerprint density at radius 1 is 1.60 bits per heavy atom. The molecule has 0 spiro atoms. The van der Waals surface area contributed by atoms with E-state index in [-0.39, 0.29) is 12.0 Å². The third-order valence-electron chi connectivity index (χ3n) is 3.33. The van der Waals surface area contributed by atoms with Gasteiger partial charge in [0.2, 0.25) is 0 Å². The van der Waals surface area contributed by atoms with Gasteiger partial charge in [0.15, 0.2) is 0 Å². The Bertz CT molecular complexity index is 318. The van der Waals surface area contributed by atoms with E-state index in [0.717, 1.165) is 24.5 Å². The zero-order chi connectivity index (χ0) is 10.9. The number of hydrogen-bond donors (Lipinski definition) is 2. The van der Waals surface area contributed by atoms with Crippen LogP contribution in [0, 0.1) is 0 Å². The molecule has 0 saturated carbocycles. The van der Waals surface area contributed by atoms with Crippen molar-refractivity contribution in [2.24, 2.45) is 5.73 Å². The van der Waals surface area contributed by atoms with Crippen molar-refractivity contribution in [2.45, 2.75) is 38.1 Å². The summed E-state index contributed by atoms with van der Waals surface area (Å²) >= 11 is 0. The monoisotopic (exact) mass is 209 g/mol. The number of nitrogens with zero attached hydrogens (tertiary/aromatic N) is 2. The number of fused-ring (bicyclic) bond motifs is 1. The number of hydrogen-bond acceptors (Lipinski definition) is 3. The highest BCUT2D eigenvalue weighted by atomic mass is 16.3. The van der Waals surface area contributed by atoms with Crippen molar-refractivity contribution < 1.29 is 5.11 Å². The smallest absolute Gasteiger partial charge is 0.108 e. The van der Waals surface area contributed by atoms with Crippen LogP contribution in [0.15, 0.2) is 6.20 Å². The molecule has 1 aliphatic heterocycles. The molecule has 0 saturated heterocycles. The van der Waals surface area contributed by atoms with Gasteiger partial charge in [0, 0.05) is 31.1 Å². The molecule has 1 aromatic rings. The van der Waals surface area contributed by atoms with Gasteiger partial charge in [-0.1, -0.05) is 6.92 Å². The molecular weight excluding hydrogens is 190 g/mol. The Morgan fingerprint density at radius 2 is 2.40 bits per heavy atom. The lowest BCUT2D eigenvalue weighted by molar-refractivity contribution is 0.207. The summed E-state index contributed by atoms with van der Waals surface area (Å²) in [5.41, 5.74) is 6.25. The van der Waals surface area contributed by atoms with Crippen molar-refractivity contribution in [2.75, 3.05) is 13.2 Å². The highest BCUT2D eigenvalue weighted by Crippen LogP contribution is 2.24. The zero-order valence-electron chi connectivity index (χ0n) is 9.24. The first-order chi connectivity index (χ1) is 7.19. The summed E-state index contributed by atoms with van der Waals surface area (Å²) in [6.07, 6.45) is 5.54. The Labute approximate surface area is 90.1 Å². The average molecular weight is 209 g/mol. The van der Waals surface area contributed by atoms with Gasteiger partial charge in [-0.15, -0.1) is 0 Å². The van der Waals surface area contributed by atoms with Crippen LogP contribution in [0.25, 0.3) is 0 Å². The molecule has 1 aliphatic rings. The lowest BCUT2D eigenvalue weighted by Gasteiger charge is -2.22. The molecule has 1 aromatic heterocycles. The van der Waals surface area contributed by atoms with Gasteiger partial charge in [-0.05, 0) is 12.8 Å². The predicted molar refractivity (Wildman–Crippen MR) is 58.7 cm³/mol. The molecule has 1 atom stereocenters. The SMILES string of the molecule is CC(CN)(CO)c1cn2c(n1)CCCC2. The fraction of sp³-hybridized carbons (Fsp3) is 0.727. The highest BCUT2D eigenvalue weighted by Gasteiger charge is 2.28. The van der Waals surface area contributed by atoms with Crippen LogP contribution in [0.3, 0.4) is 0 Å². The lowest BCUT2D eigenvalue weighted by atomic mass is 9.88. The van der Waals surface area contributed by atoms with E-state index in [2.05, 4.69) is 15.7 Å². The second-order valence-corrected chi connectivity index (χ2v) is 4.62. The van der Waals surface area contributed by atoms with Gasteiger partial charge in [0.25, 0.3) is 0 Å². The molecule has 84 valence electrons. The van der Waals surface area contributed by atoms with Crippen molar-refractivity contribution in [3.8, 4) is 0 Å². The van der Waals surface area contributed by atoms with Crippen LogP contribution >= 0.6 is 0 Å². The molecule has 1 unspecified atom stereocenters. The summed E-state index contributed by atoms with van der Waals surface area (Å²) in [5.74, 6) is 1.14. The van der Waals surface area contributed by atoms with E-state index in [1.807, 2.05) is 6.92 Å². The standard InChI is InChI=1S/C11H19N3O/c1-11(7-12,8-15)9-6-14-5-3-2-4-10(14)13-9/h6,15H,2-5,7-8,12H2,1H3. The van der Waals surface area contributed by atoms with Gasteiger partial charge in [-0.25, -0.2) is 4.98 Å². The second kappa shape index (κ2) is 3.94. The summed E-state index contributed by atoms with van der Waals surface area (Å²) in [7, 11) is 0. The second-order valence-electron chi connectivity index (χ2n) is 4.62. The van der Waals surface area contributed by atoms with Crippen LogP contribution in [0.4, 0.5) is 0 Å². The van der Waals surface area contributed by atoms with Crippen LogP contribution in [0.2, 0.25) is 0 Å². The number of aliphatic hydroxyl groups is 1. The topological polar surface area (TPSA) is 64.1 Å². The van der Waals surface area contributed by atoms with E-state index in [0.29, 0.717) is 6.54 Å². The van der Waals surface area contributed by atoms with Gasteiger partial charge in [0.1, 0.15) is 5.82 Å². The Balaban J connectivity index is 2.32. The van der Waals surface area contributed by atoms with Gasteiger partial charge in [0.05, 0.1) is 12.3 Å². The summed E-state index contributed by atoms with van der Waals surface area (Å²) in [4.78, 5) is 4.59. The van der Waals surface area contributed by atoms with Crippen molar-refractivity contribution in [1.82, 2.24) is 9.55 Å². The molecule has 0 aliphatic carbocycles. The van der Waals surface area contributed by atoms with E-state index in [1.54, 1.807) is 0 Å². The van der Waals surface area contributed by atoms with Crippen LogP contribution < -0.4 is 5.73 Å². The molecule has 2 heterocycles. The molecule has 0 amide bonds. The molecule has 15 heavy (non-hydrogen) atoms. The van der Waals surface area contributed by atoms with Gasteiger partial charge >= 0.3 is 0 Å². The van der Waals surface area contributed by atoms with Gasteiger partial charge in [-0.3, -0.25) is 0 Å². The Morgan fingerprint density at radius 3 is 3.00 bits per heavy atom. The molecule has 4 nitrogen and oxygen atoms in total. The first-order valence-corrected chi connectivity index (χ1v) is 5.57. The third kappa shape index (κ3) is 1.79. The summed E-state index contributed by atoms with van der Waals surface area (Å²) in [5, 5.41) is 9.37. The van der Waals surface area contributed by atoms with Gasteiger partial charge in [-0.2, -0.15) is 0 Å².